The van der Waals surface area contributed by atoms with Gasteiger partial charge in [-0.2, -0.15) is 0 Å². The maximum Gasteiger partial charge on any atom is 0.346 e. The summed E-state index contributed by atoms with van der Waals surface area (Å²) < 4.78 is 15.1. The lowest BCUT2D eigenvalue weighted by molar-refractivity contribution is -0.146. The summed E-state index contributed by atoms with van der Waals surface area (Å²) in [5.41, 5.74) is 0.926. The third kappa shape index (κ3) is 4.36. The molecule has 0 aromatic heterocycles. The van der Waals surface area contributed by atoms with E-state index in [1.807, 2.05) is 24.3 Å². The summed E-state index contributed by atoms with van der Waals surface area (Å²) in [7, 11) is 4.43. The van der Waals surface area contributed by atoms with E-state index in [1.165, 1.54) is 21.6 Å². The summed E-state index contributed by atoms with van der Waals surface area (Å²) in [6.07, 6.45) is 1.81. The van der Waals surface area contributed by atoms with Gasteiger partial charge in [-0.25, -0.2) is 9.59 Å². The van der Waals surface area contributed by atoms with Crippen LogP contribution in [-0.2, 0) is 19.1 Å². The molecule has 24 heavy (non-hydrogen) atoms. The van der Waals surface area contributed by atoms with E-state index in [0.29, 0.717) is 4.91 Å². The number of rotatable bonds is 6. The zero-order valence-electron chi connectivity index (χ0n) is 13.7. The number of benzene rings is 1. The molecule has 0 spiro atoms. The van der Waals surface area contributed by atoms with Gasteiger partial charge in [-0.1, -0.05) is 33.7 Å². The summed E-state index contributed by atoms with van der Waals surface area (Å²) in [5.74, 6) is -0.554. The van der Waals surface area contributed by atoms with Crippen LogP contribution in [0.4, 0.5) is 0 Å². The number of esters is 2. The second kappa shape index (κ2) is 8.84. The highest BCUT2D eigenvalue weighted by Crippen LogP contribution is 2.50. The van der Waals surface area contributed by atoms with E-state index in [9.17, 15) is 9.59 Å². The number of methoxy groups -OCH3 is 1. The summed E-state index contributed by atoms with van der Waals surface area (Å²) in [5, 5.41) is 0. The zero-order chi connectivity index (χ0) is 17.5. The van der Waals surface area contributed by atoms with Crippen LogP contribution in [0.25, 0.3) is 4.91 Å². The van der Waals surface area contributed by atoms with Crippen LogP contribution in [0.1, 0.15) is 19.4 Å². The minimum Gasteiger partial charge on any atom is -0.497 e. The predicted octanol–water partition coefficient (Wildman–Crippen LogP) is 3.81. The highest BCUT2D eigenvalue weighted by molar-refractivity contribution is 8.82. The third-order valence-electron chi connectivity index (χ3n) is 3.06. The lowest BCUT2D eigenvalue weighted by Gasteiger charge is -2.07. The largest absolute Gasteiger partial charge is 0.497 e. The van der Waals surface area contributed by atoms with Gasteiger partial charge in [-0.3, -0.25) is 0 Å². The van der Waals surface area contributed by atoms with Gasteiger partial charge in [0.15, 0.2) is 5.57 Å². The molecule has 0 N–H and O–H groups in total. The molecule has 1 aliphatic heterocycles. The Bertz CT molecular complexity index is 657. The lowest BCUT2D eigenvalue weighted by Crippen LogP contribution is -2.19. The molecule has 0 bridgehead atoms. The Balaban J connectivity index is 2.35. The molecule has 7 heteroatoms. The molecule has 0 aliphatic carbocycles. The first-order valence-electron chi connectivity index (χ1n) is 7.39. The summed E-state index contributed by atoms with van der Waals surface area (Å²) in [6.45, 7) is 3.78. The first-order chi connectivity index (χ1) is 11.6. The van der Waals surface area contributed by atoms with Crippen LogP contribution in [0.5, 0.6) is 5.75 Å². The molecule has 0 radical (unpaired) electrons. The van der Waals surface area contributed by atoms with Crippen LogP contribution in [0.15, 0.2) is 40.8 Å². The smallest absolute Gasteiger partial charge is 0.346 e. The van der Waals surface area contributed by atoms with Crippen LogP contribution >= 0.6 is 21.6 Å². The third-order valence-corrected chi connectivity index (χ3v) is 5.51. The molecule has 0 amide bonds. The van der Waals surface area contributed by atoms with E-state index < -0.39 is 11.9 Å². The molecule has 0 fully saturated rings. The highest BCUT2D eigenvalue weighted by Gasteiger charge is 2.28. The first kappa shape index (κ1) is 18.5. The molecule has 0 saturated heterocycles. The van der Waals surface area contributed by atoms with Crippen molar-refractivity contribution in [2.45, 2.75) is 13.8 Å². The van der Waals surface area contributed by atoms with Gasteiger partial charge in [-0.05, 0) is 37.6 Å². The second-order valence-electron chi connectivity index (χ2n) is 4.58. The van der Waals surface area contributed by atoms with Crippen molar-refractivity contribution in [3.8, 4) is 5.75 Å². The summed E-state index contributed by atoms with van der Waals surface area (Å²) in [4.78, 5) is 25.7. The molecule has 2 rings (SSSR count). The van der Waals surface area contributed by atoms with Crippen molar-refractivity contribution in [1.29, 1.82) is 0 Å². The molecule has 1 heterocycles. The SMILES string of the molecule is CCOC(=O)C(C(=O)OCC)=C1C=C(c2ccc(OC)cc2)SS1. The van der Waals surface area contributed by atoms with Gasteiger partial charge < -0.3 is 14.2 Å². The van der Waals surface area contributed by atoms with Crippen LogP contribution in [-0.4, -0.2) is 32.3 Å². The normalized spacial score (nSPS) is 13.3. The number of hydrogen-bond acceptors (Lipinski definition) is 7. The van der Waals surface area contributed by atoms with E-state index >= 15 is 0 Å². The number of allylic oxidation sites excluding steroid dienone is 1. The van der Waals surface area contributed by atoms with Crippen LogP contribution in [0, 0.1) is 0 Å². The van der Waals surface area contributed by atoms with Gasteiger partial charge in [0.05, 0.1) is 20.3 Å². The minimum absolute atomic E-state index is 0.0558. The molecule has 0 atom stereocenters. The molecule has 128 valence electrons. The maximum absolute atomic E-state index is 12.1. The number of carbonyl (C=O) groups excluding carboxylic acids is 2. The highest BCUT2D eigenvalue weighted by atomic mass is 33.1. The molecule has 1 aromatic carbocycles. The first-order valence-corrected chi connectivity index (χ1v) is 9.54. The topological polar surface area (TPSA) is 61.8 Å². The van der Waals surface area contributed by atoms with Crippen molar-refractivity contribution in [2.24, 2.45) is 0 Å². The molecule has 5 nitrogen and oxygen atoms in total. The summed E-state index contributed by atoms with van der Waals surface area (Å²) in [6, 6.07) is 7.58. The summed E-state index contributed by atoms with van der Waals surface area (Å²) >= 11 is 0. The Morgan fingerprint density at radius 1 is 0.958 bits per heavy atom. The van der Waals surface area contributed by atoms with Gasteiger partial charge in [0.25, 0.3) is 0 Å². The predicted molar refractivity (Wildman–Crippen MR) is 96.4 cm³/mol. The van der Waals surface area contributed by atoms with Crippen molar-refractivity contribution < 1.29 is 23.8 Å². The van der Waals surface area contributed by atoms with E-state index in [0.717, 1.165) is 16.2 Å². The number of hydrogen-bond donors (Lipinski definition) is 0. The Morgan fingerprint density at radius 3 is 2.04 bits per heavy atom. The fourth-order valence-corrected chi connectivity index (χ4v) is 4.38. The van der Waals surface area contributed by atoms with Gasteiger partial charge in [-0.15, -0.1) is 0 Å². The monoisotopic (exact) mass is 366 g/mol. The standard InChI is InChI=1S/C17H18O5S2/c1-4-21-16(18)15(17(19)22-5-2)14-10-13(23-24-14)11-6-8-12(20-3)9-7-11/h6-10H,4-5H2,1-3H3. The minimum atomic E-state index is -0.661. The Kier molecular flexibility index (Phi) is 6.81. The van der Waals surface area contributed by atoms with Gasteiger partial charge >= 0.3 is 11.9 Å². The van der Waals surface area contributed by atoms with Crippen LogP contribution < -0.4 is 4.74 Å². The van der Waals surface area contributed by atoms with Gasteiger partial charge in [0, 0.05) is 9.81 Å². The van der Waals surface area contributed by atoms with Crippen LogP contribution in [0.2, 0.25) is 0 Å². The fraction of sp³-hybridized carbons (Fsp3) is 0.294. The van der Waals surface area contributed by atoms with E-state index in [2.05, 4.69) is 0 Å². The lowest BCUT2D eigenvalue weighted by atomic mass is 10.1. The molecule has 1 aromatic rings. The number of ether oxygens (including phenoxy) is 3. The van der Waals surface area contributed by atoms with Gasteiger partial charge in [0.1, 0.15) is 5.75 Å². The van der Waals surface area contributed by atoms with Crippen LogP contribution in [0.3, 0.4) is 0 Å². The van der Waals surface area contributed by atoms with E-state index in [1.54, 1.807) is 27.0 Å². The van der Waals surface area contributed by atoms with E-state index in [-0.39, 0.29) is 18.8 Å². The molecular weight excluding hydrogens is 348 g/mol. The number of carbonyl (C=O) groups is 2. The molecular formula is C17H18O5S2. The zero-order valence-corrected chi connectivity index (χ0v) is 15.3. The average Bonchev–Trinajstić information content (AvgIpc) is 3.05. The quantitative estimate of drug-likeness (QED) is 0.249. The van der Waals surface area contributed by atoms with Crippen molar-refractivity contribution in [3.05, 3.63) is 46.4 Å². The maximum atomic E-state index is 12.1. The van der Waals surface area contributed by atoms with Crippen molar-refractivity contribution >= 4 is 38.4 Å². The Hall–Kier alpha value is -1.86. The average molecular weight is 366 g/mol. The van der Waals surface area contributed by atoms with Crippen molar-refractivity contribution in [1.82, 2.24) is 0 Å². The van der Waals surface area contributed by atoms with Crippen molar-refractivity contribution in [2.75, 3.05) is 20.3 Å². The molecule has 1 aliphatic rings. The molecule has 0 saturated carbocycles. The Morgan fingerprint density at radius 2 is 1.54 bits per heavy atom. The van der Waals surface area contributed by atoms with E-state index in [4.69, 9.17) is 14.2 Å². The second-order valence-corrected chi connectivity index (χ2v) is 6.80. The fourth-order valence-electron chi connectivity index (χ4n) is 1.95. The molecule has 0 unspecified atom stereocenters. The van der Waals surface area contributed by atoms with Gasteiger partial charge in [0.2, 0.25) is 0 Å². The van der Waals surface area contributed by atoms with Crippen molar-refractivity contribution in [3.63, 3.8) is 0 Å². The Labute approximate surface area is 148 Å².